The number of aliphatic hydroxyl groups is 1. The molecule has 2 aromatic rings. The molecule has 1 N–H and O–H groups in total. The highest BCUT2D eigenvalue weighted by molar-refractivity contribution is 9.10. The number of nitrogens with zero attached hydrogens (tertiary/aromatic N) is 1. The fourth-order valence-electron chi connectivity index (χ4n) is 1.50. The second kappa shape index (κ2) is 3.94. The van der Waals surface area contributed by atoms with Gasteiger partial charge in [-0.15, -0.1) is 0 Å². The van der Waals surface area contributed by atoms with E-state index in [0.717, 1.165) is 26.7 Å². The molecule has 0 amide bonds. The van der Waals surface area contributed by atoms with Gasteiger partial charge in [0.2, 0.25) is 5.89 Å². The van der Waals surface area contributed by atoms with Crippen molar-refractivity contribution in [3.63, 3.8) is 0 Å². The lowest BCUT2D eigenvalue weighted by Crippen LogP contribution is -1.83. The molecule has 0 aliphatic heterocycles. The second-order valence-corrected chi connectivity index (χ2v) is 4.61. The molecule has 2 rings (SSSR count). The summed E-state index contributed by atoms with van der Waals surface area (Å²) in [5.74, 6) is 0.594. The minimum atomic E-state index is 0.177. The van der Waals surface area contributed by atoms with E-state index in [-0.39, 0.29) is 5.76 Å². The van der Waals surface area contributed by atoms with Crippen LogP contribution in [0.5, 0.6) is 0 Å². The summed E-state index contributed by atoms with van der Waals surface area (Å²) in [7, 11) is 0. The Hall–Kier alpha value is -1.29. The number of aliphatic hydroxyl groups excluding tert-OH is 1. The predicted molar refractivity (Wildman–Crippen MR) is 67.5 cm³/mol. The van der Waals surface area contributed by atoms with Crippen molar-refractivity contribution in [3.8, 4) is 0 Å². The van der Waals surface area contributed by atoms with Crippen LogP contribution >= 0.6 is 15.9 Å². The molecular formula is C12H12BrNO2. The summed E-state index contributed by atoms with van der Waals surface area (Å²) in [6.45, 7) is 5.63. The Labute approximate surface area is 102 Å². The first-order chi connectivity index (χ1) is 7.49. The van der Waals surface area contributed by atoms with Gasteiger partial charge < -0.3 is 9.52 Å². The predicted octanol–water partition coefficient (Wildman–Crippen LogP) is 4.13. The van der Waals surface area contributed by atoms with E-state index in [1.54, 1.807) is 6.92 Å². The van der Waals surface area contributed by atoms with Gasteiger partial charge in [-0.3, -0.25) is 0 Å². The minimum Gasteiger partial charge on any atom is -0.512 e. The van der Waals surface area contributed by atoms with Crippen molar-refractivity contribution in [2.24, 2.45) is 0 Å². The van der Waals surface area contributed by atoms with Gasteiger partial charge in [-0.25, -0.2) is 4.98 Å². The number of aryl methyl sites for hydroxylation is 1. The third-order valence-corrected chi connectivity index (χ3v) is 3.43. The number of rotatable bonds is 1. The molecule has 0 saturated carbocycles. The third-order valence-electron chi connectivity index (χ3n) is 2.48. The van der Waals surface area contributed by atoms with Crippen molar-refractivity contribution in [3.05, 3.63) is 33.3 Å². The van der Waals surface area contributed by atoms with Crippen LogP contribution in [0.15, 0.2) is 20.7 Å². The number of aromatic nitrogens is 1. The number of halogens is 1. The van der Waals surface area contributed by atoms with Crippen LogP contribution in [0.1, 0.15) is 23.9 Å². The standard InChI is InChI=1S/C12H12BrNO2/c1-6-4-9-12(11(13)8(6)3)16-10(14-9)5-7(2)15/h4-5,15H,1-3H3. The highest BCUT2D eigenvalue weighted by atomic mass is 79.9. The van der Waals surface area contributed by atoms with Crippen LogP contribution in [0.4, 0.5) is 0 Å². The summed E-state index contributed by atoms with van der Waals surface area (Å²) < 4.78 is 6.47. The van der Waals surface area contributed by atoms with Crippen LogP contribution in [0.3, 0.4) is 0 Å². The van der Waals surface area contributed by atoms with Gasteiger partial charge in [-0.2, -0.15) is 0 Å². The average molecular weight is 282 g/mol. The van der Waals surface area contributed by atoms with Gasteiger partial charge in [0, 0.05) is 6.08 Å². The summed E-state index contributed by atoms with van der Waals surface area (Å²) in [5.41, 5.74) is 3.81. The van der Waals surface area contributed by atoms with Crippen molar-refractivity contribution in [2.75, 3.05) is 0 Å². The lowest BCUT2D eigenvalue weighted by molar-refractivity contribution is 0.417. The molecule has 16 heavy (non-hydrogen) atoms. The largest absolute Gasteiger partial charge is 0.512 e. The quantitative estimate of drug-likeness (QED) is 0.800. The number of fused-ring (bicyclic) bond motifs is 1. The fraction of sp³-hybridized carbons (Fsp3) is 0.250. The highest BCUT2D eigenvalue weighted by Gasteiger charge is 2.11. The summed E-state index contributed by atoms with van der Waals surface area (Å²) in [4.78, 5) is 4.28. The van der Waals surface area contributed by atoms with Crippen LogP contribution in [0, 0.1) is 13.8 Å². The van der Waals surface area contributed by atoms with Gasteiger partial charge in [0.25, 0.3) is 0 Å². The number of hydrogen-bond acceptors (Lipinski definition) is 3. The van der Waals surface area contributed by atoms with E-state index >= 15 is 0 Å². The highest BCUT2D eigenvalue weighted by Crippen LogP contribution is 2.30. The van der Waals surface area contributed by atoms with Gasteiger partial charge in [0.1, 0.15) is 5.52 Å². The second-order valence-electron chi connectivity index (χ2n) is 3.82. The van der Waals surface area contributed by atoms with Gasteiger partial charge in [-0.05, 0) is 53.9 Å². The lowest BCUT2D eigenvalue weighted by Gasteiger charge is -2.01. The van der Waals surface area contributed by atoms with Crippen LogP contribution in [-0.2, 0) is 0 Å². The normalized spacial score (nSPS) is 12.4. The van der Waals surface area contributed by atoms with E-state index in [9.17, 15) is 0 Å². The fourth-order valence-corrected chi connectivity index (χ4v) is 2.10. The molecule has 1 aromatic heterocycles. The van der Waals surface area contributed by atoms with Gasteiger partial charge >= 0.3 is 0 Å². The maximum atomic E-state index is 9.16. The van der Waals surface area contributed by atoms with Crippen LogP contribution in [-0.4, -0.2) is 10.1 Å². The van der Waals surface area contributed by atoms with Crippen molar-refractivity contribution in [1.82, 2.24) is 4.98 Å². The monoisotopic (exact) mass is 281 g/mol. The van der Waals surface area contributed by atoms with E-state index in [1.165, 1.54) is 6.08 Å². The Bertz CT molecular complexity index is 580. The van der Waals surface area contributed by atoms with Crippen molar-refractivity contribution >= 4 is 33.1 Å². The van der Waals surface area contributed by atoms with Crippen molar-refractivity contribution in [1.29, 1.82) is 0 Å². The molecule has 0 aliphatic carbocycles. The van der Waals surface area contributed by atoms with E-state index < -0.39 is 0 Å². The minimum absolute atomic E-state index is 0.177. The number of hydrogen-bond donors (Lipinski definition) is 1. The number of allylic oxidation sites excluding steroid dienone is 1. The smallest absolute Gasteiger partial charge is 0.223 e. The van der Waals surface area contributed by atoms with E-state index in [1.807, 2.05) is 19.9 Å². The zero-order chi connectivity index (χ0) is 11.9. The SMILES string of the molecule is CC(O)=Cc1nc2cc(C)c(C)c(Br)c2o1. The molecule has 84 valence electrons. The molecule has 0 unspecified atom stereocenters. The maximum absolute atomic E-state index is 9.16. The number of benzene rings is 1. The molecule has 1 heterocycles. The third kappa shape index (κ3) is 1.85. The molecular weight excluding hydrogens is 270 g/mol. The van der Waals surface area contributed by atoms with Crippen molar-refractivity contribution in [2.45, 2.75) is 20.8 Å². The molecule has 4 heteroatoms. The topological polar surface area (TPSA) is 46.3 Å². The Balaban J connectivity index is 2.71. The molecule has 0 atom stereocenters. The summed E-state index contributed by atoms with van der Waals surface area (Å²) >= 11 is 3.49. The first kappa shape index (κ1) is 11.2. The first-order valence-corrected chi connectivity index (χ1v) is 5.72. The molecule has 0 fully saturated rings. The summed E-state index contributed by atoms with van der Waals surface area (Å²) in [6, 6.07) is 1.98. The van der Waals surface area contributed by atoms with Crippen LogP contribution in [0.25, 0.3) is 17.2 Å². The maximum Gasteiger partial charge on any atom is 0.223 e. The summed E-state index contributed by atoms with van der Waals surface area (Å²) in [6.07, 6.45) is 1.50. The van der Waals surface area contributed by atoms with E-state index in [2.05, 4.69) is 20.9 Å². The lowest BCUT2D eigenvalue weighted by atomic mass is 10.1. The van der Waals surface area contributed by atoms with Crippen molar-refractivity contribution < 1.29 is 9.52 Å². The average Bonchev–Trinajstić information content (AvgIpc) is 2.56. The van der Waals surface area contributed by atoms with Crippen LogP contribution in [0.2, 0.25) is 0 Å². The molecule has 0 spiro atoms. The Kier molecular flexibility index (Phi) is 2.76. The van der Waals surface area contributed by atoms with Gasteiger partial charge in [0.05, 0.1) is 10.2 Å². The number of oxazole rings is 1. The first-order valence-electron chi connectivity index (χ1n) is 4.92. The Morgan fingerprint density at radius 2 is 2.19 bits per heavy atom. The molecule has 0 bridgehead atoms. The van der Waals surface area contributed by atoms with E-state index in [0.29, 0.717) is 5.89 Å². The Morgan fingerprint density at radius 3 is 2.81 bits per heavy atom. The van der Waals surface area contributed by atoms with Gasteiger partial charge in [-0.1, -0.05) is 0 Å². The summed E-state index contributed by atoms with van der Waals surface area (Å²) in [5, 5.41) is 9.16. The molecule has 0 aliphatic rings. The molecule has 0 radical (unpaired) electrons. The van der Waals surface area contributed by atoms with E-state index in [4.69, 9.17) is 9.52 Å². The molecule has 0 saturated heterocycles. The zero-order valence-electron chi connectivity index (χ0n) is 9.34. The molecule has 3 nitrogen and oxygen atoms in total. The van der Waals surface area contributed by atoms with Gasteiger partial charge in [0.15, 0.2) is 5.58 Å². The zero-order valence-corrected chi connectivity index (χ0v) is 10.9. The molecule has 1 aromatic carbocycles. The van der Waals surface area contributed by atoms with Crippen LogP contribution < -0.4 is 0 Å². The Morgan fingerprint density at radius 1 is 1.50 bits per heavy atom.